The summed E-state index contributed by atoms with van der Waals surface area (Å²) in [5.74, 6) is 1.24. The molecule has 0 radical (unpaired) electrons. The third kappa shape index (κ3) is 3.34. The number of rotatable bonds is 5. The molecule has 1 saturated heterocycles. The van der Waals surface area contributed by atoms with Crippen LogP contribution < -0.4 is 5.32 Å². The summed E-state index contributed by atoms with van der Waals surface area (Å²) >= 11 is 0. The second-order valence-electron chi connectivity index (χ2n) is 6.08. The van der Waals surface area contributed by atoms with Crippen LogP contribution >= 0.6 is 0 Å². The highest BCUT2D eigenvalue weighted by Crippen LogP contribution is 2.29. The Labute approximate surface area is 124 Å². The van der Waals surface area contributed by atoms with Crippen molar-refractivity contribution in [2.24, 2.45) is 13.0 Å². The number of carbonyl (C=O) groups is 1. The lowest BCUT2D eigenvalue weighted by Gasteiger charge is -2.27. The van der Waals surface area contributed by atoms with Gasteiger partial charge in [0.15, 0.2) is 5.82 Å². The number of urea groups is 1. The molecule has 2 fully saturated rings. The van der Waals surface area contributed by atoms with Gasteiger partial charge in [-0.2, -0.15) is 0 Å². The number of ether oxygens (including phenoxy) is 1. The van der Waals surface area contributed by atoms with Crippen molar-refractivity contribution >= 4 is 6.03 Å². The Hall–Kier alpha value is -1.63. The monoisotopic (exact) mass is 293 g/mol. The van der Waals surface area contributed by atoms with E-state index in [1.54, 1.807) is 6.33 Å². The second-order valence-corrected chi connectivity index (χ2v) is 6.08. The molecule has 3 rings (SSSR count). The van der Waals surface area contributed by atoms with E-state index in [4.69, 9.17) is 4.74 Å². The molecule has 2 atom stereocenters. The van der Waals surface area contributed by atoms with Crippen molar-refractivity contribution < 1.29 is 9.53 Å². The summed E-state index contributed by atoms with van der Waals surface area (Å²) < 4.78 is 7.24. The Kier molecular flexibility index (Phi) is 4.10. The maximum atomic E-state index is 12.5. The lowest BCUT2D eigenvalue weighted by atomic mass is 10.1. The average molecular weight is 293 g/mol. The zero-order chi connectivity index (χ0) is 14.8. The molecule has 0 spiro atoms. The zero-order valence-electron chi connectivity index (χ0n) is 12.7. The molecule has 0 aromatic carbocycles. The van der Waals surface area contributed by atoms with Gasteiger partial charge in [-0.05, 0) is 26.2 Å². The van der Waals surface area contributed by atoms with E-state index in [1.807, 2.05) is 23.4 Å². The van der Waals surface area contributed by atoms with Crippen LogP contribution in [0.5, 0.6) is 0 Å². The molecule has 116 valence electrons. The van der Waals surface area contributed by atoms with Crippen LogP contribution in [0.15, 0.2) is 6.33 Å². The Morgan fingerprint density at radius 3 is 2.95 bits per heavy atom. The fraction of sp³-hybridized carbons (Fsp3) is 0.786. The molecule has 7 nitrogen and oxygen atoms in total. The van der Waals surface area contributed by atoms with Gasteiger partial charge in [-0.1, -0.05) is 0 Å². The summed E-state index contributed by atoms with van der Waals surface area (Å²) in [6.07, 6.45) is 4.92. The SMILES string of the molecule is CC(NC(=O)N(CC1CCOC1)C1CC1)c1nncn1C. The minimum absolute atomic E-state index is 0.0000926. The molecular weight excluding hydrogens is 270 g/mol. The number of aryl methyl sites for hydroxylation is 1. The van der Waals surface area contributed by atoms with E-state index in [2.05, 4.69) is 15.5 Å². The van der Waals surface area contributed by atoms with Gasteiger partial charge in [0.25, 0.3) is 0 Å². The fourth-order valence-corrected chi connectivity index (χ4v) is 2.81. The summed E-state index contributed by atoms with van der Waals surface area (Å²) in [4.78, 5) is 14.5. The van der Waals surface area contributed by atoms with Gasteiger partial charge in [-0.3, -0.25) is 0 Å². The van der Waals surface area contributed by atoms with Gasteiger partial charge >= 0.3 is 6.03 Å². The van der Waals surface area contributed by atoms with E-state index in [0.29, 0.717) is 12.0 Å². The zero-order valence-corrected chi connectivity index (χ0v) is 12.7. The first-order valence-electron chi connectivity index (χ1n) is 7.64. The molecule has 1 aliphatic carbocycles. The van der Waals surface area contributed by atoms with Crippen molar-refractivity contribution in [1.29, 1.82) is 0 Å². The number of nitrogens with one attached hydrogen (secondary N) is 1. The van der Waals surface area contributed by atoms with Crippen molar-refractivity contribution in [1.82, 2.24) is 25.0 Å². The summed E-state index contributed by atoms with van der Waals surface area (Å²) in [6, 6.07) is 0.253. The van der Waals surface area contributed by atoms with Gasteiger partial charge in [0.1, 0.15) is 6.33 Å². The van der Waals surface area contributed by atoms with Crippen LogP contribution in [-0.4, -0.2) is 51.5 Å². The van der Waals surface area contributed by atoms with E-state index in [-0.39, 0.29) is 12.1 Å². The first-order chi connectivity index (χ1) is 10.1. The standard InChI is InChI=1S/C14H23N5O2/c1-10(13-17-15-9-18(13)2)16-14(20)19(12-3-4-12)7-11-5-6-21-8-11/h9-12H,3-8H2,1-2H3,(H,16,20). The number of amides is 2. The highest BCUT2D eigenvalue weighted by Gasteiger charge is 2.35. The maximum absolute atomic E-state index is 12.5. The van der Waals surface area contributed by atoms with Crippen molar-refractivity contribution in [2.75, 3.05) is 19.8 Å². The van der Waals surface area contributed by atoms with Crippen molar-refractivity contribution in [2.45, 2.75) is 38.3 Å². The lowest BCUT2D eigenvalue weighted by Crippen LogP contribution is -2.45. The quantitative estimate of drug-likeness (QED) is 0.882. The number of nitrogens with zero attached hydrogens (tertiary/aromatic N) is 4. The number of hydrogen-bond acceptors (Lipinski definition) is 4. The van der Waals surface area contributed by atoms with Crippen molar-refractivity contribution in [3.63, 3.8) is 0 Å². The molecule has 2 heterocycles. The minimum Gasteiger partial charge on any atom is -0.381 e. The average Bonchev–Trinajstić information content (AvgIpc) is 2.98. The molecule has 2 unspecified atom stereocenters. The molecular formula is C14H23N5O2. The predicted molar refractivity (Wildman–Crippen MR) is 76.6 cm³/mol. The van der Waals surface area contributed by atoms with E-state index >= 15 is 0 Å². The highest BCUT2D eigenvalue weighted by atomic mass is 16.5. The minimum atomic E-state index is -0.147. The van der Waals surface area contributed by atoms with Gasteiger partial charge < -0.3 is 19.5 Å². The van der Waals surface area contributed by atoms with Crippen LogP contribution in [0.1, 0.15) is 38.1 Å². The Morgan fingerprint density at radius 2 is 2.38 bits per heavy atom. The summed E-state index contributed by atoms with van der Waals surface area (Å²) in [5, 5.41) is 11.0. The normalized spacial score (nSPS) is 23.0. The second kappa shape index (κ2) is 6.01. The largest absolute Gasteiger partial charge is 0.381 e. The van der Waals surface area contributed by atoms with E-state index in [9.17, 15) is 4.79 Å². The van der Waals surface area contributed by atoms with E-state index in [0.717, 1.165) is 44.8 Å². The molecule has 7 heteroatoms. The first kappa shape index (κ1) is 14.3. The van der Waals surface area contributed by atoms with Gasteiger partial charge in [-0.25, -0.2) is 4.79 Å². The Balaban J connectivity index is 1.60. The smallest absolute Gasteiger partial charge is 0.318 e. The predicted octanol–water partition coefficient (Wildman–Crippen LogP) is 1.09. The molecule has 1 aromatic heterocycles. The molecule has 2 amide bonds. The lowest BCUT2D eigenvalue weighted by molar-refractivity contribution is 0.160. The van der Waals surface area contributed by atoms with Gasteiger partial charge in [0.05, 0.1) is 12.6 Å². The van der Waals surface area contributed by atoms with Gasteiger partial charge in [-0.15, -0.1) is 10.2 Å². The molecule has 1 saturated carbocycles. The molecule has 1 N–H and O–H groups in total. The van der Waals surface area contributed by atoms with Crippen LogP contribution in [-0.2, 0) is 11.8 Å². The fourth-order valence-electron chi connectivity index (χ4n) is 2.81. The summed E-state index contributed by atoms with van der Waals surface area (Å²) in [7, 11) is 1.88. The Morgan fingerprint density at radius 1 is 1.57 bits per heavy atom. The van der Waals surface area contributed by atoms with Crippen LogP contribution in [0.3, 0.4) is 0 Å². The van der Waals surface area contributed by atoms with Crippen molar-refractivity contribution in [3.05, 3.63) is 12.2 Å². The molecule has 2 aliphatic rings. The van der Waals surface area contributed by atoms with Crippen LogP contribution in [0.2, 0.25) is 0 Å². The van der Waals surface area contributed by atoms with Gasteiger partial charge in [0, 0.05) is 32.2 Å². The molecule has 1 aliphatic heterocycles. The van der Waals surface area contributed by atoms with Gasteiger partial charge in [0.2, 0.25) is 0 Å². The third-order valence-electron chi connectivity index (χ3n) is 4.20. The van der Waals surface area contributed by atoms with Crippen LogP contribution in [0.25, 0.3) is 0 Å². The number of hydrogen-bond donors (Lipinski definition) is 1. The van der Waals surface area contributed by atoms with Crippen LogP contribution in [0, 0.1) is 5.92 Å². The molecule has 0 bridgehead atoms. The first-order valence-corrected chi connectivity index (χ1v) is 7.64. The van der Waals surface area contributed by atoms with Crippen LogP contribution in [0.4, 0.5) is 4.79 Å². The molecule has 1 aromatic rings. The van der Waals surface area contributed by atoms with E-state index < -0.39 is 0 Å². The third-order valence-corrected chi connectivity index (χ3v) is 4.20. The topological polar surface area (TPSA) is 72.3 Å². The summed E-state index contributed by atoms with van der Waals surface area (Å²) in [5.41, 5.74) is 0. The highest BCUT2D eigenvalue weighted by molar-refractivity contribution is 5.75. The maximum Gasteiger partial charge on any atom is 0.318 e. The Bertz CT molecular complexity index is 493. The van der Waals surface area contributed by atoms with Crippen molar-refractivity contribution in [3.8, 4) is 0 Å². The summed E-state index contributed by atoms with van der Waals surface area (Å²) in [6.45, 7) is 4.32. The van der Waals surface area contributed by atoms with E-state index in [1.165, 1.54) is 0 Å². The molecule has 21 heavy (non-hydrogen) atoms. The number of carbonyl (C=O) groups excluding carboxylic acids is 1. The number of aromatic nitrogens is 3.